The lowest BCUT2D eigenvalue weighted by Crippen LogP contribution is -2.37. The molecule has 7 nitrogen and oxygen atoms in total. The number of benzene rings is 1. The van der Waals surface area contributed by atoms with Gasteiger partial charge in [-0.3, -0.25) is 0 Å². The van der Waals surface area contributed by atoms with Gasteiger partial charge in [-0.15, -0.1) is 11.3 Å². The highest BCUT2D eigenvalue weighted by atomic mass is 32.2. The van der Waals surface area contributed by atoms with Gasteiger partial charge in [-0.2, -0.15) is 4.31 Å². The molecule has 0 aliphatic carbocycles. The Morgan fingerprint density at radius 1 is 1.27 bits per heavy atom. The van der Waals surface area contributed by atoms with Gasteiger partial charge in [-0.1, -0.05) is 23.8 Å². The molecule has 3 N–H and O–H groups in total. The van der Waals surface area contributed by atoms with E-state index < -0.39 is 34.2 Å². The first-order valence-corrected chi connectivity index (χ1v) is 10.4. The number of hydrogen-bond donors (Lipinski definition) is 3. The van der Waals surface area contributed by atoms with Crippen molar-refractivity contribution < 1.29 is 23.4 Å². The fraction of sp³-hybridized carbons (Fsp3) is 0.353. The maximum atomic E-state index is 12.8. The van der Waals surface area contributed by atoms with Crippen LogP contribution in [0.1, 0.15) is 16.5 Å². The molecule has 0 unspecified atom stereocenters. The summed E-state index contributed by atoms with van der Waals surface area (Å²) in [5.41, 5.74) is 0.951. The maximum Gasteiger partial charge on any atom is 0.405 e. The van der Waals surface area contributed by atoms with Gasteiger partial charge in [-0.05, 0) is 30.5 Å². The van der Waals surface area contributed by atoms with Crippen LogP contribution in [0.2, 0.25) is 0 Å². The van der Waals surface area contributed by atoms with E-state index in [2.05, 4.69) is 5.32 Å². The van der Waals surface area contributed by atoms with Gasteiger partial charge in [0, 0.05) is 23.9 Å². The second kappa shape index (κ2) is 7.36. The summed E-state index contributed by atoms with van der Waals surface area (Å²) in [6.45, 7) is 1.85. The molecule has 0 saturated carbocycles. The van der Waals surface area contributed by atoms with E-state index in [0.717, 1.165) is 10.4 Å². The highest BCUT2D eigenvalue weighted by Gasteiger charge is 2.43. The van der Waals surface area contributed by atoms with E-state index in [1.807, 2.05) is 12.3 Å². The van der Waals surface area contributed by atoms with Gasteiger partial charge < -0.3 is 15.5 Å². The zero-order valence-electron chi connectivity index (χ0n) is 14.1. The zero-order valence-corrected chi connectivity index (χ0v) is 15.7. The number of carbonyl (C=O) groups is 1. The fourth-order valence-electron chi connectivity index (χ4n) is 3.15. The lowest BCUT2D eigenvalue weighted by atomic mass is 9.95. The summed E-state index contributed by atoms with van der Waals surface area (Å²) in [4.78, 5) is 12.1. The summed E-state index contributed by atoms with van der Waals surface area (Å²) in [7, 11) is -3.75. The van der Waals surface area contributed by atoms with Crippen LogP contribution in [0, 0.1) is 12.8 Å². The van der Waals surface area contributed by atoms with Crippen molar-refractivity contribution >= 4 is 27.5 Å². The van der Waals surface area contributed by atoms with Gasteiger partial charge >= 0.3 is 6.09 Å². The van der Waals surface area contributed by atoms with E-state index in [0.29, 0.717) is 0 Å². The molecule has 2 aromatic rings. The number of carboxylic acid groups (broad SMARTS) is 1. The van der Waals surface area contributed by atoms with E-state index in [9.17, 15) is 18.3 Å². The predicted octanol–water partition coefficient (Wildman–Crippen LogP) is 2.05. The summed E-state index contributed by atoms with van der Waals surface area (Å²) in [5, 5.41) is 23.8. The zero-order chi connectivity index (χ0) is 18.9. The van der Waals surface area contributed by atoms with Gasteiger partial charge in [0.2, 0.25) is 10.0 Å². The number of aryl methyl sites for hydroxylation is 1. The Bertz CT molecular complexity index is 865. The van der Waals surface area contributed by atoms with Crippen molar-refractivity contribution in [1.82, 2.24) is 9.62 Å². The van der Waals surface area contributed by atoms with Crippen molar-refractivity contribution in [1.29, 1.82) is 0 Å². The second-order valence-electron chi connectivity index (χ2n) is 6.31. The molecule has 0 bridgehead atoms. The van der Waals surface area contributed by atoms with Crippen LogP contribution in [-0.2, 0) is 10.0 Å². The van der Waals surface area contributed by atoms with Crippen molar-refractivity contribution in [2.45, 2.75) is 24.0 Å². The van der Waals surface area contributed by atoms with Gasteiger partial charge in [0.25, 0.3) is 0 Å². The van der Waals surface area contributed by atoms with Gasteiger partial charge in [0.15, 0.2) is 0 Å². The largest absolute Gasteiger partial charge is 0.465 e. The minimum atomic E-state index is -3.75. The van der Waals surface area contributed by atoms with Gasteiger partial charge in [0.05, 0.1) is 17.0 Å². The highest BCUT2D eigenvalue weighted by molar-refractivity contribution is 7.89. The monoisotopic (exact) mass is 396 g/mol. The Labute approximate surface area is 155 Å². The molecular formula is C17H20N2O5S2. The Hall–Kier alpha value is -1.94. The Balaban J connectivity index is 1.86. The lowest BCUT2D eigenvalue weighted by Gasteiger charge is -2.24. The van der Waals surface area contributed by atoms with E-state index in [1.54, 1.807) is 24.3 Å². The minimum Gasteiger partial charge on any atom is -0.465 e. The second-order valence-corrected chi connectivity index (χ2v) is 9.23. The van der Waals surface area contributed by atoms with E-state index in [1.165, 1.54) is 27.8 Å². The molecule has 1 aliphatic heterocycles. The summed E-state index contributed by atoms with van der Waals surface area (Å²) in [6.07, 6.45) is -2.18. The number of β-amino-alcohol motifs (C(OH)–C–C–N with tert-alkyl or cyclic N) is 1. The average molecular weight is 396 g/mol. The molecule has 26 heavy (non-hydrogen) atoms. The summed E-state index contributed by atoms with van der Waals surface area (Å²) in [5.74, 6) is -0.565. The first-order chi connectivity index (χ1) is 12.3. The number of thiophene rings is 1. The smallest absolute Gasteiger partial charge is 0.405 e. The fourth-order valence-corrected chi connectivity index (χ4v) is 5.50. The predicted molar refractivity (Wildman–Crippen MR) is 97.7 cm³/mol. The molecule has 3 rings (SSSR count). The van der Waals surface area contributed by atoms with Crippen molar-refractivity contribution in [3.05, 3.63) is 52.2 Å². The van der Waals surface area contributed by atoms with Crippen LogP contribution < -0.4 is 5.32 Å². The average Bonchev–Trinajstić information content (AvgIpc) is 3.23. The van der Waals surface area contributed by atoms with Crippen LogP contribution in [0.3, 0.4) is 0 Å². The molecule has 1 aromatic heterocycles. The topological polar surface area (TPSA) is 107 Å². The number of nitrogens with zero attached hydrogens (tertiary/aromatic N) is 1. The first kappa shape index (κ1) is 18.8. The van der Waals surface area contributed by atoms with E-state index in [-0.39, 0.29) is 18.0 Å². The third kappa shape index (κ3) is 3.75. The SMILES string of the molecule is Cc1ccc(S(=O)(=O)N2C[C@H]([C@@H](NC(=O)O)c3cccs3)[C@H](O)C2)cc1. The van der Waals surface area contributed by atoms with Crippen LogP contribution in [0.5, 0.6) is 0 Å². The summed E-state index contributed by atoms with van der Waals surface area (Å²) in [6, 6.07) is 9.41. The molecule has 2 heterocycles. The maximum absolute atomic E-state index is 12.8. The number of sulfonamides is 1. The molecule has 0 spiro atoms. The minimum absolute atomic E-state index is 0.0419. The molecule has 1 saturated heterocycles. The third-order valence-corrected chi connectivity index (χ3v) is 7.32. The van der Waals surface area contributed by atoms with Crippen molar-refractivity contribution in [3.8, 4) is 0 Å². The molecule has 1 fully saturated rings. The number of rotatable bonds is 5. The summed E-state index contributed by atoms with van der Waals surface area (Å²) < 4.78 is 26.9. The quantitative estimate of drug-likeness (QED) is 0.717. The molecule has 1 amide bonds. The number of nitrogens with one attached hydrogen (secondary N) is 1. The summed E-state index contributed by atoms with van der Waals surface area (Å²) >= 11 is 1.36. The van der Waals surface area contributed by atoms with Gasteiger partial charge in [0.1, 0.15) is 0 Å². The Morgan fingerprint density at radius 3 is 2.54 bits per heavy atom. The number of aliphatic hydroxyl groups is 1. The molecule has 1 aliphatic rings. The van der Waals surface area contributed by atoms with Crippen LogP contribution in [-0.4, -0.2) is 48.2 Å². The standard InChI is InChI=1S/C17H20N2O5S2/c1-11-4-6-12(7-5-11)26(23,24)19-9-13(14(20)10-19)16(18-17(21)22)15-3-2-8-25-15/h2-8,13-14,16,18,20H,9-10H2,1H3,(H,21,22)/t13-,14+,16+/m0/s1. The normalized spacial score (nSPS) is 22.2. The molecule has 0 radical (unpaired) electrons. The van der Waals surface area contributed by atoms with Crippen molar-refractivity contribution in [3.63, 3.8) is 0 Å². The molecule has 1 aromatic carbocycles. The van der Waals surface area contributed by atoms with Crippen molar-refractivity contribution in [2.24, 2.45) is 5.92 Å². The Kier molecular flexibility index (Phi) is 5.33. The first-order valence-electron chi connectivity index (χ1n) is 8.07. The molecule has 3 atom stereocenters. The Morgan fingerprint density at radius 2 is 1.96 bits per heavy atom. The van der Waals surface area contributed by atoms with Crippen LogP contribution in [0.4, 0.5) is 4.79 Å². The molecule has 140 valence electrons. The number of aliphatic hydroxyl groups excluding tert-OH is 1. The van der Waals surface area contributed by atoms with Crippen LogP contribution in [0.25, 0.3) is 0 Å². The molecular weight excluding hydrogens is 376 g/mol. The lowest BCUT2D eigenvalue weighted by molar-refractivity contribution is 0.120. The van der Waals surface area contributed by atoms with Crippen molar-refractivity contribution in [2.75, 3.05) is 13.1 Å². The third-order valence-electron chi connectivity index (χ3n) is 4.51. The van der Waals surface area contributed by atoms with E-state index >= 15 is 0 Å². The number of hydrogen-bond acceptors (Lipinski definition) is 5. The number of amides is 1. The highest BCUT2D eigenvalue weighted by Crippen LogP contribution is 2.35. The molecule has 9 heteroatoms. The van der Waals surface area contributed by atoms with E-state index in [4.69, 9.17) is 5.11 Å². The van der Waals surface area contributed by atoms with Crippen LogP contribution in [0.15, 0.2) is 46.7 Å². The van der Waals surface area contributed by atoms with Gasteiger partial charge in [-0.25, -0.2) is 13.2 Å². The van der Waals surface area contributed by atoms with Crippen LogP contribution >= 0.6 is 11.3 Å².